The number of nitrogens with zero attached hydrogens (tertiary/aromatic N) is 1. The summed E-state index contributed by atoms with van der Waals surface area (Å²) in [7, 11) is 4.68. The standard InChI is InChI=1S/C8H18NOP/c1-10-7-6-9-4-2-8(11)3-5-9/h8H,2-7,11H2,1H3. The summed E-state index contributed by atoms with van der Waals surface area (Å²) in [6.07, 6.45) is 2.66. The first-order chi connectivity index (χ1) is 5.33. The van der Waals surface area contributed by atoms with E-state index in [9.17, 15) is 0 Å². The van der Waals surface area contributed by atoms with Crippen molar-refractivity contribution in [1.82, 2.24) is 4.90 Å². The lowest BCUT2D eigenvalue weighted by molar-refractivity contribution is 0.136. The number of hydrogen-bond donors (Lipinski definition) is 0. The van der Waals surface area contributed by atoms with Gasteiger partial charge in [0.25, 0.3) is 0 Å². The zero-order valence-electron chi connectivity index (χ0n) is 7.25. The maximum absolute atomic E-state index is 5.02. The molecule has 1 heterocycles. The molecule has 1 unspecified atom stereocenters. The quantitative estimate of drug-likeness (QED) is 0.593. The van der Waals surface area contributed by atoms with Gasteiger partial charge in [-0.1, -0.05) is 0 Å². The minimum absolute atomic E-state index is 0.855. The first kappa shape index (κ1) is 9.44. The van der Waals surface area contributed by atoms with Crippen molar-refractivity contribution in [1.29, 1.82) is 0 Å². The van der Waals surface area contributed by atoms with Crippen molar-refractivity contribution in [3.8, 4) is 0 Å². The molecule has 1 rings (SSSR count). The highest BCUT2D eigenvalue weighted by molar-refractivity contribution is 7.17. The lowest BCUT2D eigenvalue weighted by Crippen LogP contribution is -2.36. The van der Waals surface area contributed by atoms with E-state index < -0.39 is 0 Å². The van der Waals surface area contributed by atoms with Gasteiger partial charge in [-0.25, -0.2) is 0 Å². The van der Waals surface area contributed by atoms with Crippen LogP contribution >= 0.6 is 9.24 Å². The number of piperidine rings is 1. The molecule has 0 aromatic heterocycles. The third kappa shape index (κ3) is 3.50. The smallest absolute Gasteiger partial charge is 0.0589 e. The molecule has 1 fully saturated rings. The van der Waals surface area contributed by atoms with E-state index in [1.807, 2.05) is 0 Å². The Kier molecular flexibility index (Phi) is 4.36. The molecule has 1 saturated heterocycles. The van der Waals surface area contributed by atoms with Gasteiger partial charge in [0.15, 0.2) is 0 Å². The summed E-state index contributed by atoms with van der Waals surface area (Å²) in [5, 5.41) is 0. The van der Waals surface area contributed by atoms with Crippen LogP contribution in [0.2, 0.25) is 0 Å². The zero-order valence-corrected chi connectivity index (χ0v) is 8.41. The molecular weight excluding hydrogens is 157 g/mol. The maximum atomic E-state index is 5.02. The molecule has 0 aromatic carbocycles. The molecule has 0 spiro atoms. The first-order valence-corrected chi connectivity index (χ1v) is 4.96. The van der Waals surface area contributed by atoms with E-state index >= 15 is 0 Å². The van der Waals surface area contributed by atoms with Gasteiger partial charge in [-0.05, 0) is 31.6 Å². The van der Waals surface area contributed by atoms with Crippen molar-refractivity contribution >= 4 is 9.24 Å². The Morgan fingerprint density at radius 3 is 2.64 bits per heavy atom. The van der Waals surface area contributed by atoms with Gasteiger partial charge in [-0.3, -0.25) is 0 Å². The third-order valence-electron chi connectivity index (χ3n) is 2.24. The first-order valence-electron chi connectivity index (χ1n) is 4.30. The van der Waals surface area contributed by atoms with Crippen molar-refractivity contribution in [2.24, 2.45) is 0 Å². The van der Waals surface area contributed by atoms with Crippen LogP contribution in [0, 0.1) is 0 Å². The van der Waals surface area contributed by atoms with Crippen molar-refractivity contribution in [3.63, 3.8) is 0 Å². The molecule has 11 heavy (non-hydrogen) atoms. The van der Waals surface area contributed by atoms with Gasteiger partial charge in [-0.15, -0.1) is 9.24 Å². The molecule has 3 heteroatoms. The van der Waals surface area contributed by atoms with E-state index in [1.165, 1.54) is 25.9 Å². The van der Waals surface area contributed by atoms with Crippen LogP contribution in [0.4, 0.5) is 0 Å². The summed E-state index contributed by atoms with van der Waals surface area (Å²) in [6.45, 7) is 4.48. The molecule has 0 aromatic rings. The Labute approximate surface area is 71.5 Å². The van der Waals surface area contributed by atoms with Crippen LogP contribution in [0.1, 0.15) is 12.8 Å². The molecule has 0 amide bonds. The Morgan fingerprint density at radius 2 is 2.09 bits per heavy atom. The van der Waals surface area contributed by atoms with Crippen LogP contribution in [-0.2, 0) is 4.74 Å². The molecule has 1 aliphatic heterocycles. The van der Waals surface area contributed by atoms with Gasteiger partial charge in [0.05, 0.1) is 6.61 Å². The number of likely N-dealkylation sites (tertiary alicyclic amines) is 1. The molecule has 2 nitrogen and oxygen atoms in total. The molecule has 0 radical (unpaired) electrons. The summed E-state index contributed by atoms with van der Waals surface area (Å²) in [6, 6.07) is 0. The molecule has 0 aliphatic carbocycles. The van der Waals surface area contributed by atoms with Gasteiger partial charge < -0.3 is 9.64 Å². The second-order valence-corrected chi connectivity index (χ2v) is 4.11. The van der Waals surface area contributed by atoms with Crippen LogP contribution in [-0.4, -0.2) is 43.9 Å². The van der Waals surface area contributed by atoms with Crippen LogP contribution in [0.25, 0.3) is 0 Å². The SMILES string of the molecule is COCCN1CCC(P)CC1. The van der Waals surface area contributed by atoms with Gasteiger partial charge in [-0.2, -0.15) is 0 Å². The Morgan fingerprint density at radius 1 is 1.45 bits per heavy atom. The second-order valence-electron chi connectivity index (χ2n) is 3.17. The average molecular weight is 175 g/mol. The highest BCUT2D eigenvalue weighted by Crippen LogP contribution is 2.16. The topological polar surface area (TPSA) is 12.5 Å². The minimum atomic E-state index is 0.855. The Balaban J connectivity index is 2.07. The van der Waals surface area contributed by atoms with Crippen LogP contribution in [0.3, 0.4) is 0 Å². The monoisotopic (exact) mass is 175 g/mol. The van der Waals surface area contributed by atoms with Gasteiger partial charge in [0.2, 0.25) is 0 Å². The van der Waals surface area contributed by atoms with Gasteiger partial charge in [0.1, 0.15) is 0 Å². The average Bonchev–Trinajstić information content (AvgIpc) is 2.04. The van der Waals surface area contributed by atoms with Crippen molar-refractivity contribution in [2.75, 3.05) is 33.4 Å². The van der Waals surface area contributed by atoms with Crippen LogP contribution in [0.15, 0.2) is 0 Å². The molecule has 0 bridgehead atoms. The van der Waals surface area contributed by atoms with Crippen molar-refractivity contribution in [2.45, 2.75) is 18.5 Å². The van der Waals surface area contributed by atoms with E-state index in [-0.39, 0.29) is 0 Å². The molecule has 66 valence electrons. The summed E-state index contributed by atoms with van der Waals surface area (Å²) in [5.74, 6) is 0. The predicted molar refractivity (Wildman–Crippen MR) is 51.0 cm³/mol. The number of hydrogen-bond acceptors (Lipinski definition) is 2. The van der Waals surface area contributed by atoms with Gasteiger partial charge in [0, 0.05) is 13.7 Å². The Bertz CT molecular complexity index is 99.5. The van der Waals surface area contributed by atoms with E-state index in [1.54, 1.807) is 7.11 Å². The zero-order chi connectivity index (χ0) is 8.10. The van der Waals surface area contributed by atoms with E-state index in [2.05, 4.69) is 14.1 Å². The fourth-order valence-corrected chi connectivity index (χ4v) is 1.70. The number of rotatable bonds is 3. The van der Waals surface area contributed by atoms with Gasteiger partial charge >= 0.3 is 0 Å². The fraction of sp³-hybridized carbons (Fsp3) is 1.00. The number of ether oxygens (including phenoxy) is 1. The lowest BCUT2D eigenvalue weighted by Gasteiger charge is -2.29. The maximum Gasteiger partial charge on any atom is 0.0589 e. The van der Waals surface area contributed by atoms with E-state index in [4.69, 9.17) is 4.74 Å². The van der Waals surface area contributed by atoms with Crippen LogP contribution in [0.5, 0.6) is 0 Å². The summed E-state index contributed by atoms with van der Waals surface area (Å²) in [4.78, 5) is 2.48. The second kappa shape index (κ2) is 5.08. The van der Waals surface area contributed by atoms with Crippen LogP contribution < -0.4 is 0 Å². The largest absolute Gasteiger partial charge is 0.383 e. The van der Waals surface area contributed by atoms with E-state index in [0.29, 0.717) is 0 Å². The summed E-state index contributed by atoms with van der Waals surface area (Å²) < 4.78 is 5.02. The fourth-order valence-electron chi connectivity index (χ4n) is 1.40. The highest BCUT2D eigenvalue weighted by Gasteiger charge is 2.14. The summed E-state index contributed by atoms with van der Waals surface area (Å²) >= 11 is 0. The molecule has 0 N–H and O–H groups in total. The Hall–Kier alpha value is 0.350. The normalized spacial score (nSPS) is 22.4. The number of methoxy groups -OCH3 is 1. The molecule has 1 aliphatic rings. The summed E-state index contributed by atoms with van der Waals surface area (Å²) in [5.41, 5.74) is 0.855. The molecular formula is C8H18NOP. The van der Waals surface area contributed by atoms with Crippen molar-refractivity contribution < 1.29 is 4.74 Å². The van der Waals surface area contributed by atoms with Crippen molar-refractivity contribution in [3.05, 3.63) is 0 Å². The third-order valence-corrected chi connectivity index (χ3v) is 2.91. The highest BCUT2D eigenvalue weighted by atomic mass is 31.0. The molecule has 1 atom stereocenters. The lowest BCUT2D eigenvalue weighted by atomic mass is 10.1. The minimum Gasteiger partial charge on any atom is -0.383 e. The molecule has 0 saturated carbocycles. The van der Waals surface area contributed by atoms with E-state index in [0.717, 1.165) is 18.8 Å². The predicted octanol–water partition coefficient (Wildman–Crippen LogP) is 0.972.